The van der Waals surface area contributed by atoms with Crippen LogP contribution in [0.25, 0.3) is 11.0 Å². The molecule has 74 valence electrons. The highest BCUT2D eigenvalue weighted by Gasteiger charge is 2.14. The van der Waals surface area contributed by atoms with Gasteiger partial charge < -0.3 is 5.73 Å². The molecule has 14 heavy (non-hydrogen) atoms. The Kier molecular flexibility index (Phi) is 1.89. The highest BCUT2D eigenvalue weighted by Crippen LogP contribution is 2.29. The van der Waals surface area contributed by atoms with Crippen molar-refractivity contribution < 1.29 is 0 Å². The van der Waals surface area contributed by atoms with Crippen LogP contribution in [0.4, 0.5) is 5.82 Å². The van der Waals surface area contributed by atoms with E-state index in [1.807, 2.05) is 20.9 Å². The summed E-state index contributed by atoms with van der Waals surface area (Å²) in [6, 6.07) is 0. The molecule has 0 fully saturated rings. The van der Waals surface area contributed by atoms with E-state index in [1.165, 1.54) is 0 Å². The standard InChI is InChI=1S/C9H11ClN4/c1-4-6-8(11)13-14(3)9(6)12-5(2)7(4)10/h1-3H3,(H2,11,13). The van der Waals surface area contributed by atoms with Crippen LogP contribution in [0.15, 0.2) is 0 Å². The van der Waals surface area contributed by atoms with Crippen molar-refractivity contribution in [2.75, 3.05) is 5.73 Å². The zero-order chi connectivity index (χ0) is 10.5. The number of aryl methyl sites for hydroxylation is 3. The SMILES string of the molecule is Cc1nc2c(c(N)nn2C)c(C)c1Cl. The number of nitrogens with zero attached hydrogens (tertiary/aromatic N) is 3. The van der Waals surface area contributed by atoms with Crippen molar-refractivity contribution in [2.45, 2.75) is 13.8 Å². The monoisotopic (exact) mass is 210 g/mol. The molecule has 0 aliphatic carbocycles. The summed E-state index contributed by atoms with van der Waals surface area (Å²) in [7, 11) is 1.82. The molecule has 4 nitrogen and oxygen atoms in total. The quantitative estimate of drug-likeness (QED) is 0.722. The molecule has 2 aromatic heterocycles. The molecule has 0 spiro atoms. The van der Waals surface area contributed by atoms with Crippen LogP contribution in [-0.4, -0.2) is 14.8 Å². The van der Waals surface area contributed by atoms with Gasteiger partial charge in [-0.25, -0.2) is 9.67 Å². The zero-order valence-electron chi connectivity index (χ0n) is 8.30. The number of hydrogen-bond donors (Lipinski definition) is 1. The number of nitrogens with two attached hydrogens (primary N) is 1. The molecule has 5 heteroatoms. The Hall–Kier alpha value is -1.29. The molecule has 0 saturated carbocycles. The van der Waals surface area contributed by atoms with Gasteiger partial charge in [-0.05, 0) is 19.4 Å². The molecule has 0 aliphatic rings. The number of halogens is 1. The third-order valence-electron chi connectivity index (χ3n) is 2.34. The molecule has 0 unspecified atom stereocenters. The summed E-state index contributed by atoms with van der Waals surface area (Å²) in [6.45, 7) is 3.80. The Bertz CT molecular complexity index is 515. The summed E-state index contributed by atoms with van der Waals surface area (Å²) in [5.74, 6) is 0.481. The number of hydrogen-bond acceptors (Lipinski definition) is 3. The number of nitrogen functional groups attached to an aromatic ring is 1. The van der Waals surface area contributed by atoms with E-state index in [0.717, 1.165) is 22.3 Å². The van der Waals surface area contributed by atoms with Crippen molar-refractivity contribution >= 4 is 28.5 Å². The van der Waals surface area contributed by atoms with E-state index >= 15 is 0 Å². The Morgan fingerprint density at radius 1 is 1.36 bits per heavy atom. The maximum Gasteiger partial charge on any atom is 0.160 e. The van der Waals surface area contributed by atoms with Crippen molar-refractivity contribution in [1.82, 2.24) is 14.8 Å². The van der Waals surface area contributed by atoms with Crippen LogP contribution in [-0.2, 0) is 7.05 Å². The van der Waals surface area contributed by atoms with Crippen molar-refractivity contribution in [2.24, 2.45) is 7.05 Å². The van der Waals surface area contributed by atoms with E-state index in [2.05, 4.69) is 10.1 Å². The Morgan fingerprint density at radius 2 is 2.00 bits per heavy atom. The van der Waals surface area contributed by atoms with Crippen LogP contribution < -0.4 is 5.73 Å². The van der Waals surface area contributed by atoms with Crippen LogP contribution in [0.1, 0.15) is 11.3 Å². The van der Waals surface area contributed by atoms with Gasteiger partial charge in [0.25, 0.3) is 0 Å². The minimum atomic E-state index is 0.481. The second-order valence-electron chi connectivity index (χ2n) is 3.34. The summed E-state index contributed by atoms with van der Waals surface area (Å²) in [6.07, 6.45) is 0. The predicted octanol–water partition coefficient (Wildman–Crippen LogP) is 1.82. The average Bonchev–Trinajstić information content (AvgIpc) is 2.38. The van der Waals surface area contributed by atoms with Crippen LogP contribution in [0.5, 0.6) is 0 Å². The summed E-state index contributed by atoms with van der Waals surface area (Å²) >= 11 is 6.08. The minimum absolute atomic E-state index is 0.481. The van der Waals surface area contributed by atoms with Gasteiger partial charge in [-0.3, -0.25) is 0 Å². The van der Waals surface area contributed by atoms with Crippen LogP contribution >= 0.6 is 11.6 Å². The lowest BCUT2D eigenvalue weighted by Crippen LogP contribution is -1.95. The summed E-state index contributed by atoms with van der Waals surface area (Å²) in [5, 5.41) is 5.62. The number of pyridine rings is 1. The topological polar surface area (TPSA) is 56.7 Å². The van der Waals surface area contributed by atoms with Crippen LogP contribution in [0, 0.1) is 13.8 Å². The lowest BCUT2D eigenvalue weighted by molar-refractivity contribution is 0.789. The van der Waals surface area contributed by atoms with Crippen molar-refractivity contribution in [3.8, 4) is 0 Å². The number of rotatable bonds is 0. The highest BCUT2D eigenvalue weighted by molar-refractivity contribution is 6.33. The first-order valence-electron chi connectivity index (χ1n) is 4.27. The molecule has 2 rings (SSSR count). The smallest absolute Gasteiger partial charge is 0.160 e. The van der Waals surface area contributed by atoms with E-state index in [-0.39, 0.29) is 0 Å². The van der Waals surface area contributed by atoms with E-state index < -0.39 is 0 Å². The summed E-state index contributed by atoms with van der Waals surface area (Å²) < 4.78 is 1.67. The average molecular weight is 211 g/mol. The van der Waals surface area contributed by atoms with E-state index in [0.29, 0.717) is 10.8 Å². The fraction of sp³-hybridized carbons (Fsp3) is 0.333. The molecular weight excluding hydrogens is 200 g/mol. The van der Waals surface area contributed by atoms with Gasteiger partial charge in [-0.15, -0.1) is 0 Å². The molecule has 0 aromatic carbocycles. The largest absolute Gasteiger partial charge is 0.382 e. The third-order valence-corrected chi connectivity index (χ3v) is 2.90. The lowest BCUT2D eigenvalue weighted by atomic mass is 10.2. The Morgan fingerprint density at radius 3 is 2.64 bits per heavy atom. The molecule has 0 radical (unpaired) electrons. The normalized spacial score (nSPS) is 11.1. The van der Waals surface area contributed by atoms with Gasteiger partial charge in [0.15, 0.2) is 11.5 Å². The first kappa shape index (κ1) is 9.27. The second-order valence-corrected chi connectivity index (χ2v) is 3.72. The molecule has 2 heterocycles. The lowest BCUT2D eigenvalue weighted by Gasteiger charge is -2.03. The summed E-state index contributed by atoms with van der Waals surface area (Å²) in [4.78, 5) is 4.34. The van der Waals surface area contributed by atoms with Crippen molar-refractivity contribution in [3.05, 3.63) is 16.3 Å². The maximum atomic E-state index is 6.08. The van der Waals surface area contributed by atoms with E-state index in [4.69, 9.17) is 17.3 Å². The molecular formula is C9H11ClN4. The Labute approximate surface area is 86.7 Å². The van der Waals surface area contributed by atoms with Crippen LogP contribution in [0.2, 0.25) is 5.02 Å². The molecule has 0 saturated heterocycles. The highest BCUT2D eigenvalue weighted by atomic mass is 35.5. The molecule has 2 N–H and O–H groups in total. The van der Waals surface area contributed by atoms with Gasteiger partial charge in [0.2, 0.25) is 0 Å². The zero-order valence-corrected chi connectivity index (χ0v) is 9.05. The first-order chi connectivity index (χ1) is 6.52. The van der Waals surface area contributed by atoms with E-state index in [1.54, 1.807) is 4.68 Å². The fourth-order valence-corrected chi connectivity index (χ4v) is 1.75. The van der Waals surface area contributed by atoms with Gasteiger partial charge in [0.1, 0.15) is 0 Å². The van der Waals surface area contributed by atoms with E-state index in [9.17, 15) is 0 Å². The van der Waals surface area contributed by atoms with Gasteiger partial charge in [-0.2, -0.15) is 5.10 Å². The van der Waals surface area contributed by atoms with Gasteiger partial charge >= 0.3 is 0 Å². The fourth-order valence-electron chi connectivity index (χ4n) is 1.61. The molecule has 0 amide bonds. The van der Waals surface area contributed by atoms with Crippen molar-refractivity contribution in [1.29, 1.82) is 0 Å². The maximum absolute atomic E-state index is 6.08. The second kappa shape index (κ2) is 2.85. The van der Waals surface area contributed by atoms with Gasteiger partial charge in [-0.1, -0.05) is 11.6 Å². The summed E-state index contributed by atoms with van der Waals surface area (Å²) in [5.41, 5.74) is 8.30. The minimum Gasteiger partial charge on any atom is -0.382 e. The molecule has 0 bridgehead atoms. The number of anilines is 1. The third kappa shape index (κ3) is 1.07. The van der Waals surface area contributed by atoms with Crippen LogP contribution in [0.3, 0.4) is 0 Å². The van der Waals surface area contributed by atoms with Crippen molar-refractivity contribution in [3.63, 3.8) is 0 Å². The van der Waals surface area contributed by atoms with Gasteiger partial charge in [0, 0.05) is 7.05 Å². The predicted molar refractivity (Wildman–Crippen MR) is 57.4 cm³/mol. The van der Waals surface area contributed by atoms with Gasteiger partial charge in [0.05, 0.1) is 16.1 Å². The first-order valence-corrected chi connectivity index (χ1v) is 4.65. The Balaban J connectivity index is 3.01. The number of aromatic nitrogens is 3. The molecule has 0 aliphatic heterocycles. The molecule has 0 atom stereocenters. The number of fused-ring (bicyclic) bond motifs is 1. The molecule has 2 aromatic rings.